The summed E-state index contributed by atoms with van der Waals surface area (Å²) in [5.41, 5.74) is 1.84. The molecule has 7 heteroatoms. The second kappa shape index (κ2) is 9.25. The third-order valence-corrected chi connectivity index (χ3v) is 6.93. The fourth-order valence-electron chi connectivity index (χ4n) is 5.23. The van der Waals surface area contributed by atoms with E-state index in [1.165, 1.54) is 19.3 Å². The van der Waals surface area contributed by atoms with E-state index >= 15 is 0 Å². The Morgan fingerprint density at radius 1 is 1.21 bits per heavy atom. The summed E-state index contributed by atoms with van der Waals surface area (Å²) in [5, 5.41) is 2.92. The zero-order valence-electron chi connectivity index (χ0n) is 18.9. The second-order valence-corrected chi connectivity index (χ2v) is 9.04. The summed E-state index contributed by atoms with van der Waals surface area (Å²) in [6.45, 7) is 0.388. The molecule has 2 aliphatic heterocycles. The number of hydrogen-bond donors (Lipinski definition) is 1. The van der Waals surface area contributed by atoms with Crippen molar-refractivity contribution >= 4 is 17.6 Å². The van der Waals surface area contributed by atoms with E-state index < -0.39 is 6.04 Å². The molecule has 3 aliphatic rings. The van der Waals surface area contributed by atoms with Crippen LogP contribution in [0.3, 0.4) is 0 Å². The Morgan fingerprint density at radius 2 is 2.06 bits per heavy atom. The fraction of sp³-hybridized carbons (Fsp3) is 0.423. The minimum Gasteiger partial charge on any atom is -0.496 e. The topological polar surface area (TPSA) is 80.8 Å². The minimum absolute atomic E-state index is 0.192. The maximum Gasteiger partial charge on any atom is 0.290 e. The highest BCUT2D eigenvalue weighted by Crippen LogP contribution is 2.40. The number of carbonyl (C=O) groups is 2. The van der Waals surface area contributed by atoms with E-state index in [1.807, 2.05) is 24.3 Å². The normalized spacial score (nSPS) is 18.9. The number of nitrogens with zero attached hydrogens (tertiary/aromatic N) is 2. The second-order valence-electron chi connectivity index (χ2n) is 9.04. The highest BCUT2D eigenvalue weighted by Gasteiger charge is 2.42. The maximum absolute atomic E-state index is 13.5. The van der Waals surface area contributed by atoms with E-state index in [4.69, 9.17) is 9.47 Å². The molecule has 0 saturated heterocycles. The van der Waals surface area contributed by atoms with Crippen LogP contribution in [0.4, 0.5) is 5.82 Å². The quantitative estimate of drug-likeness (QED) is 0.721. The van der Waals surface area contributed by atoms with Crippen LogP contribution in [-0.2, 0) is 16.0 Å². The number of rotatable bonds is 6. The van der Waals surface area contributed by atoms with Crippen LogP contribution in [0.5, 0.6) is 11.5 Å². The number of hydrogen-bond acceptors (Lipinski definition) is 5. The fourth-order valence-corrected chi connectivity index (χ4v) is 5.23. The Hall–Kier alpha value is -3.35. The standard InChI is InChI=1S/C26H29N3O4/c1-32-21-10-7-11-22-19(21)15-18-16-29(26(31)24(18)33-22)20(14-17-8-3-2-4-9-17)25(30)28-23-12-5-6-13-27-23/h5-7,10-13,17,20H,2-4,8-9,14-16H2,1H3,(H,27,28,30). The molecule has 0 spiro atoms. The first-order valence-corrected chi connectivity index (χ1v) is 11.7. The van der Waals surface area contributed by atoms with Crippen LogP contribution in [0.1, 0.15) is 44.1 Å². The van der Waals surface area contributed by atoms with Gasteiger partial charge >= 0.3 is 0 Å². The van der Waals surface area contributed by atoms with Crippen LogP contribution in [0.2, 0.25) is 0 Å². The third-order valence-electron chi connectivity index (χ3n) is 6.93. The van der Waals surface area contributed by atoms with Gasteiger partial charge in [-0.15, -0.1) is 0 Å². The lowest BCUT2D eigenvalue weighted by molar-refractivity contribution is -0.135. The van der Waals surface area contributed by atoms with Crippen molar-refractivity contribution in [3.63, 3.8) is 0 Å². The molecule has 1 aromatic heterocycles. The molecule has 2 aromatic rings. The van der Waals surface area contributed by atoms with Gasteiger partial charge in [-0.25, -0.2) is 4.98 Å². The molecule has 1 saturated carbocycles. The molecule has 2 amide bonds. The predicted octanol–water partition coefficient (Wildman–Crippen LogP) is 4.10. The molecule has 172 valence electrons. The monoisotopic (exact) mass is 447 g/mol. The minimum atomic E-state index is -0.568. The van der Waals surface area contributed by atoms with E-state index in [2.05, 4.69) is 10.3 Å². The number of ether oxygens (including phenoxy) is 2. The van der Waals surface area contributed by atoms with Gasteiger partial charge < -0.3 is 19.7 Å². The molecule has 3 heterocycles. The number of methoxy groups -OCH3 is 1. The molecular weight excluding hydrogens is 418 g/mol. The Kier molecular flexibility index (Phi) is 6.03. The van der Waals surface area contributed by atoms with E-state index in [9.17, 15) is 9.59 Å². The molecule has 0 radical (unpaired) electrons. The number of benzene rings is 1. The summed E-state index contributed by atoms with van der Waals surface area (Å²) < 4.78 is 11.5. The third kappa shape index (κ3) is 4.32. The van der Waals surface area contributed by atoms with Crippen molar-refractivity contribution in [1.82, 2.24) is 9.88 Å². The zero-order chi connectivity index (χ0) is 22.8. The van der Waals surface area contributed by atoms with Crippen LogP contribution in [0.25, 0.3) is 0 Å². The number of nitrogens with one attached hydrogen (secondary N) is 1. The largest absolute Gasteiger partial charge is 0.496 e. The molecule has 1 fully saturated rings. The van der Waals surface area contributed by atoms with Crippen LogP contribution in [0.15, 0.2) is 53.9 Å². The number of amides is 2. The van der Waals surface area contributed by atoms with Gasteiger partial charge in [0.2, 0.25) is 5.91 Å². The average molecular weight is 448 g/mol. The molecule has 0 bridgehead atoms. The van der Waals surface area contributed by atoms with Crippen LogP contribution in [0, 0.1) is 5.92 Å². The molecule has 1 N–H and O–H groups in total. The summed E-state index contributed by atoms with van der Waals surface area (Å²) in [4.78, 5) is 32.8. The number of aromatic nitrogens is 1. The van der Waals surface area contributed by atoms with Gasteiger partial charge in [0.25, 0.3) is 5.91 Å². The lowest BCUT2D eigenvalue weighted by atomic mass is 9.84. The van der Waals surface area contributed by atoms with E-state index in [0.717, 1.165) is 29.7 Å². The van der Waals surface area contributed by atoms with Gasteiger partial charge in [0.15, 0.2) is 5.76 Å². The van der Waals surface area contributed by atoms with Crippen molar-refractivity contribution in [1.29, 1.82) is 0 Å². The van der Waals surface area contributed by atoms with Gasteiger partial charge in [-0.2, -0.15) is 0 Å². The van der Waals surface area contributed by atoms with Crippen molar-refractivity contribution in [3.05, 3.63) is 59.5 Å². The molecule has 1 unspecified atom stereocenters. The summed E-state index contributed by atoms with van der Waals surface area (Å²) in [7, 11) is 1.63. The molecule has 33 heavy (non-hydrogen) atoms. The number of carbonyl (C=O) groups excluding carboxylic acids is 2. The first-order chi connectivity index (χ1) is 16.1. The van der Waals surface area contributed by atoms with Gasteiger partial charge in [-0.05, 0) is 36.6 Å². The first kappa shape index (κ1) is 21.5. The maximum atomic E-state index is 13.5. The van der Waals surface area contributed by atoms with Crippen LogP contribution >= 0.6 is 0 Å². The van der Waals surface area contributed by atoms with E-state index in [-0.39, 0.29) is 11.8 Å². The van der Waals surface area contributed by atoms with E-state index in [1.54, 1.807) is 30.3 Å². The SMILES string of the molecule is COc1cccc2c1CC1=C(O2)C(=O)N(C(CC2CCCCC2)C(=O)Nc2ccccn2)C1. The summed E-state index contributed by atoms with van der Waals surface area (Å²) in [5.74, 6) is 2.27. The molecule has 1 aromatic carbocycles. The van der Waals surface area contributed by atoms with E-state index in [0.29, 0.717) is 42.6 Å². The van der Waals surface area contributed by atoms with Crippen LogP contribution in [-0.4, -0.2) is 41.4 Å². The van der Waals surface area contributed by atoms with Crippen molar-refractivity contribution < 1.29 is 19.1 Å². The number of pyridine rings is 1. The molecular formula is C26H29N3O4. The van der Waals surface area contributed by atoms with Gasteiger partial charge in [0, 0.05) is 30.3 Å². The average Bonchev–Trinajstić information content (AvgIpc) is 3.17. The Morgan fingerprint density at radius 3 is 2.82 bits per heavy atom. The molecule has 7 nitrogen and oxygen atoms in total. The van der Waals surface area contributed by atoms with Gasteiger partial charge in [0.05, 0.1) is 7.11 Å². The smallest absolute Gasteiger partial charge is 0.290 e. The van der Waals surface area contributed by atoms with Crippen LogP contribution < -0.4 is 14.8 Å². The van der Waals surface area contributed by atoms with Gasteiger partial charge in [-0.1, -0.05) is 44.2 Å². The molecule has 1 aliphatic carbocycles. The summed E-state index contributed by atoms with van der Waals surface area (Å²) >= 11 is 0. The summed E-state index contributed by atoms with van der Waals surface area (Å²) in [6.07, 6.45) is 8.68. The Balaban J connectivity index is 1.38. The van der Waals surface area contributed by atoms with Crippen molar-refractivity contribution in [2.24, 2.45) is 5.92 Å². The van der Waals surface area contributed by atoms with Gasteiger partial charge in [-0.3, -0.25) is 9.59 Å². The van der Waals surface area contributed by atoms with Crippen molar-refractivity contribution in [2.45, 2.75) is 51.0 Å². The predicted molar refractivity (Wildman–Crippen MR) is 124 cm³/mol. The highest BCUT2D eigenvalue weighted by molar-refractivity contribution is 6.02. The lowest BCUT2D eigenvalue weighted by Gasteiger charge is -2.31. The number of fused-ring (bicyclic) bond motifs is 1. The summed E-state index contributed by atoms with van der Waals surface area (Å²) in [6, 6.07) is 10.4. The number of anilines is 1. The van der Waals surface area contributed by atoms with Gasteiger partial charge in [0.1, 0.15) is 23.4 Å². The van der Waals surface area contributed by atoms with Crippen molar-refractivity contribution in [3.8, 4) is 11.5 Å². The molecule has 1 atom stereocenters. The zero-order valence-corrected chi connectivity index (χ0v) is 18.9. The Bertz CT molecular complexity index is 1080. The first-order valence-electron chi connectivity index (χ1n) is 11.7. The molecule has 5 rings (SSSR count). The Labute approximate surface area is 193 Å². The van der Waals surface area contributed by atoms with Crippen molar-refractivity contribution in [2.75, 3.05) is 19.0 Å². The highest BCUT2D eigenvalue weighted by atomic mass is 16.5. The lowest BCUT2D eigenvalue weighted by Crippen LogP contribution is -2.47.